The minimum atomic E-state index is -0.0840. The average Bonchev–Trinajstić information content (AvgIpc) is 3.73. The number of hydrogen-bond acceptors (Lipinski definition) is 3. The molecule has 0 amide bonds. The molecule has 0 saturated carbocycles. The van der Waals surface area contributed by atoms with Crippen LogP contribution in [-0.4, -0.2) is 0 Å². The smallest absolute Gasteiger partial charge is 0.143 e. The lowest BCUT2D eigenvalue weighted by Gasteiger charge is -2.29. The molecule has 0 spiro atoms. The molecule has 1 aliphatic carbocycles. The van der Waals surface area contributed by atoms with Crippen molar-refractivity contribution in [2.24, 2.45) is 0 Å². The Bertz CT molecular complexity index is 2690. The lowest BCUT2D eigenvalue weighted by molar-refractivity contribution is 0.660. The van der Waals surface area contributed by atoms with Crippen LogP contribution in [0, 0.1) is 0 Å². The molecule has 0 unspecified atom stereocenters. The fourth-order valence-corrected chi connectivity index (χ4v) is 8.98. The minimum Gasteiger partial charge on any atom is -0.455 e. The molecule has 0 atom stereocenters. The molecule has 3 heteroatoms. The standard InChI is InChI=1S/C43H29NOS/c1-43(2)35-13-6-3-12-34(35)41-36(43)14-9-15-37(41)44(28-20-23-32-31-11-5-8-17-39(31)46-40(32)25-28)27-19-22-29-26(24-27)18-21-33-30-10-4-7-16-38(30)45-42(29)33/h3-25H,1-2H3. The number of anilines is 3. The Kier molecular flexibility index (Phi) is 5.25. The Labute approximate surface area is 270 Å². The van der Waals surface area contributed by atoms with Crippen LogP contribution in [0.3, 0.4) is 0 Å². The van der Waals surface area contributed by atoms with Gasteiger partial charge in [-0.25, -0.2) is 0 Å². The van der Waals surface area contributed by atoms with Crippen molar-refractivity contribution in [2.45, 2.75) is 19.3 Å². The lowest BCUT2D eigenvalue weighted by atomic mass is 9.82. The second-order valence-corrected chi connectivity index (χ2v) is 14.0. The maximum absolute atomic E-state index is 6.42. The molecule has 0 N–H and O–H groups in total. The van der Waals surface area contributed by atoms with E-state index in [1.165, 1.54) is 48.1 Å². The first kappa shape index (κ1) is 25.9. The number of fused-ring (bicyclic) bond motifs is 11. The zero-order chi connectivity index (χ0) is 30.6. The molecule has 218 valence electrons. The van der Waals surface area contributed by atoms with Crippen molar-refractivity contribution in [2.75, 3.05) is 4.90 Å². The highest BCUT2D eigenvalue weighted by molar-refractivity contribution is 7.25. The Hall–Kier alpha value is -5.38. The summed E-state index contributed by atoms with van der Waals surface area (Å²) in [5.41, 5.74) is 10.6. The molecule has 0 saturated heterocycles. The van der Waals surface area contributed by atoms with Crippen LogP contribution in [0.2, 0.25) is 0 Å². The van der Waals surface area contributed by atoms with Crippen molar-refractivity contribution in [3.8, 4) is 11.1 Å². The number of rotatable bonds is 3. The van der Waals surface area contributed by atoms with Crippen LogP contribution in [0.4, 0.5) is 17.1 Å². The topological polar surface area (TPSA) is 16.4 Å². The van der Waals surface area contributed by atoms with Gasteiger partial charge in [-0.2, -0.15) is 0 Å². The van der Waals surface area contributed by atoms with Gasteiger partial charge in [0.25, 0.3) is 0 Å². The van der Waals surface area contributed by atoms with Crippen LogP contribution in [-0.2, 0) is 5.41 Å². The summed E-state index contributed by atoms with van der Waals surface area (Å²) in [5.74, 6) is 0. The van der Waals surface area contributed by atoms with Gasteiger partial charge in [0, 0.05) is 58.7 Å². The summed E-state index contributed by atoms with van der Waals surface area (Å²) in [6.07, 6.45) is 0. The Morgan fingerprint density at radius 3 is 2.15 bits per heavy atom. The van der Waals surface area contributed by atoms with Gasteiger partial charge in [-0.15, -0.1) is 11.3 Å². The maximum Gasteiger partial charge on any atom is 0.143 e. The van der Waals surface area contributed by atoms with Gasteiger partial charge in [0.15, 0.2) is 0 Å². The first-order valence-corrected chi connectivity index (χ1v) is 16.7. The van der Waals surface area contributed by atoms with Crippen molar-refractivity contribution < 1.29 is 4.42 Å². The fraction of sp³-hybridized carbons (Fsp3) is 0.0698. The van der Waals surface area contributed by atoms with Gasteiger partial charge >= 0.3 is 0 Å². The van der Waals surface area contributed by atoms with Gasteiger partial charge in [0.05, 0.1) is 5.69 Å². The average molecular weight is 608 g/mol. The number of furan rings is 1. The van der Waals surface area contributed by atoms with Crippen molar-refractivity contribution in [3.05, 3.63) is 151 Å². The molecular formula is C43H29NOS. The number of para-hydroxylation sites is 1. The molecule has 2 heterocycles. The second kappa shape index (κ2) is 9.32. The SMILES string of the molecule is CC1(C)c2ccccc2-c2c(N(c3ccc4c(ccc5c6ccccc6oc45)c3)c3ccc4c(c3)sc3ccccc34)cccc21. The zero-order valence-electron chi connectivity index (χ0n) is 25.5. The summed E-state index contributed by atoms with van der Waals surface area (Å²) in [4.78, 5) is 2.46. The Morgan fingerprint density at radius 2 is 1.24 bits per heavy atom. The van der Waals surface area contributed by atoms with E-state index in [-0.39, 0.29) is 5.41 Å². The van der Waals surface area contributed by atoms with E-state index >= 15 is 0 Å². The number of thiophene rings is 1. The highest BCUT2D eigenvalue weighted by atomic mass is 32.1. The van der Waals surface area contributed by atoms with Gasteiger partial charge in [0.1, 0.15) is 11.2 Å². The Morgan fingerprint density at radius 1 is 0.543 bits per heavy atom. The molecule has 10 rings (SSSR count). The normalized spacial score (nSPS) is 13.6. The van der Waals surface area contributed by atoms with E-state index < -0.39 is 0 Å². The summed E-state index contributed by atoms with van der Waals surface area (Å²) >= 11 is 1.86. The zero-order valence-corrected chi connectivity index (χ0v) is 26.4. The third-order valence-corrected chi connectivity index (χ3v) is 11.2. The van der Waals surface area contributed by atoms with Gasteiger partial charge in [-0.1, -0.05) is 98.8 Å². The van der Waals surface area contributed by atoms with Crippen LogP contribution >= 0.6 is 11.3 Å². The van der Waals surface area contributed by atoms with Crippen LogP contribution in [0.25, 0.3) is 64.0 Å². The Balaban J connectivity index is 1.24. The van der Waals surface area contributed by atoms with Gasteiger partial charge in [-0.3, -0.25) is 0 Å². The molecular weight excluding hydrogens is 579 g/mol. The summed E-state index contributed by atoms with van der Waals surface area (Å²) in [6.45, 7) is 4.70. The largest absolute Gasteiger partial charge is 0.455 e. The lowest BCUT2D eigenvalue weighted by Crippen LogP contribution is -2.16. The quantitative estimate of drug-likeness (QED) is 0.199. The molecule has 1 aliphatic rings. The van der Waals surface area contributed by atoms with E-state index in [0.717, 1.165) is 44.1 Å². The van der Waals surface area contributed by atoms with E-state index in [2.05, 4.69) is 152 Å². The van der Waals surface area contributed by atoms with Gasteiger partial charge in [-0.05, 0) is 76.7 Å². The van der Waals surface area contributed by atoms with E-state index in [1.54, 1.807) is 0 Å². The fourth-order valence-electron chi connectivity index (χ4n) is 7.84. The molecule has 2 aromatic heterocycles. The van der Waals surface area contributed by atoms with Crippen molar-refractivity contribution in [1.82, 2.24) is 0 Å². The van der Waals surface area contributed by atoms with Crippen molar-refractivity contribution in [3.63, 3.8) is 0 Å². The molecule has 9 aromatic rings. The predicted molar refractivity (Wildman–Crippen MR) is 196 cm³/mol. The molecule has 7 aromatic carbocycles. The summed E-state index contributed by atoms with van der Waals surface area (Å²) in [6, 6.07) is 51.0. The van der Waals surface area contributed by atoms with E-state index in [4.69, 9.17) is 4.42 Å². The summed E-state index contributed by atoms with van der Waals surface area (Å²) in [5, 5.41) is 7.22. The minimum absolute atomic E-state index is 0.0840. The van der Waals surface area contributed by atoms with E-state index in [1.807, 2.05) is 17.4 Å². The third kappa shape index (κ3) is 3.52. The van der Waals surface area contributed by atoms with Crippen molar-refractivity contribution >= 4 is 81.3 Å². The highest BCUT2D eigenvalue weighted by Gasteiger charge is 2.37. The highest BCUT2D eigenvalue weighted by Crippen LogP contribution is 2.54. The molecule has 2 nitrogen and oxygen atoms in total. The van der Waals surface area contributed by atoms with E-state index in [9.17, 15) is 0 Å². The molecule has 0 aliphatic heterocycles. The molecule has 0 bridgehead atoms. The predicted octanol–water partition coefficient (Wildman–Crippen LogP) is 12.9. The van der Waals surface area contributed by atoms with E-state index in [0.29, 0.717) is 0 Å². The van der Waals surface area contributed by atoms with Gasteiger partial charge < -0.3 is 9.32 Å². The number of hydrogen-bond donors (Lipinski definition) is 0. The number of nitrogens with zero attached hydrogens (tertiary/aromatic N) is 1. The molecule has 46 heavy (non-hydrogen) atoms. The maximum atomic E-state index is 6.42. The monoisotopic (exact) mass is 607 g/mol. The van der Waals surface area contributed by atoms with Crippen LogP contribution < -0.4 is 4.90 Å². The summed E-state index contributed by atoms with van der Waals surface area (Å²) in [7, 11) is 0. The third-order valence-electron chi connectivity index (χ3n) is 10.0. The van der Waals surface area contributed by atoms with Crippen LogP contribution in [0.1, 0.15) is 25.0 Å². The second-order valence-electron chi connectivity index (χ2n) is 12.9. The van der Waals surface area contributed by atoms with Crippen molar-refractivity contribution in [1.29, 1.82) is 0 Å². The summed E-state index contributed by atoms with van der Waals surface area (Å²) < 4.78 is 9.03. The first-order valence-electron chi connectivity index (χ1n) is 15.9. The van der Waals surface area contributed by atoms with Crippen LogP contribution in [0.15, 0.2) is 144 Å². The van der Waals surface area contributed by atoms with Crippen LogP contribution in [0.5, 0.6) is 0 Å². The number of benzene rings is 7. The van der Waals surface area contributed by atoms with Gasteiger partial charge in [0.2, 0.25) is 0 Å². The molecule has 0 radical (unpaired) electrons. The first-order chi connectivity index (χ1) is 22.6. The molecule has 0 fully saturated rings.